The van der Waals surface area contributed by atoms with E-state index >= 15 is 0 Å². The van der Waals surface area contributed by atoms with Gasteiger partial charge in [0, 0.05) is 46.5 Å². The number of carbonyl (C=O) groups is 1. The molecule has 0 atom stereocenters. The number of nitrogens with one attached hydrogen (secondary N) is 1. The average Bonchev–Trinajstić information content (AvgIpc) is 2.30. The molecule has 0 saturated carbocycles. The van der Waals surface area contributed by atoms with Crippen molar-refractivity contribution in [2.75, 3.05) is 53.1 Å². The van der Waals surface area contributed by atoms with E-state index in [1.54, 1.807) is 7.11 Å². The van der Waals surface area contributed by atoms with Gasteiger partial charge in [-0.1, -0.05) is 0 Å². The zero-order chi connectivity index (χ0) is 10.9. The Labute approximate surface area is 103 Å². The van der Waals surface area contributed by atoms with Gasteiger partial charge in [-0.3, -0.25) is 4.79 Å². The Morgan fingerprint density at radius 3 is 2.62 bits per heavy atom. The minimum Gasteiger partial charge on any atom is -0.385 e. The van der Waals surface area contributed by atoms with Gasteiger partial charge in [-0.15, -0.1) is 12.4 Å². The van der Waals surface area contributed by atoms with Crippen molar-refractivity contribution in [1.29, 1.82) is 0 Å². The molecule has 1 N–H and O–H groups in total. The van der Waals surface area contributed by atoms with Crippen LogP contribution in [0.2, 0.25) is 0 Å². The Morgan fingerprint density at radius 1 is 1.31 bits per heavy atom. The smallest absolute Gasteiger partial charge is 0.248 e. The fourth-order valence-electron chi connectivity index (χ4n) is 1.47. The van der Waals surface area contributed by atoms with E-state index in [1.807, 2.05) is 4.90 Å². The lowest BCUT2D eigenvalue weighted by molar-refractivity contribution is -0.136. The van der Waals surface area contributed by atoms with Gasteiger partial charge in [0.05, 0.1) is 0 Å². The average molecular weight is 253 g/mol. The van der Waals surface area contributed by atoms with E-state index in [0.717, 1.165) is 32.6 Å². The van der Waals surface area contributed by atoms with E-state index in [9.17, 15) is 4.79 Å². The summed E-state index contributed by atoms with van der Waals surface area (Å²) in [5.41, 5.74) is 0. The van der Waals surface area contributed by atoms with E-state index in [-0.39, 0.29) is 24.9 Å². The first-order valence-electron chi connectivity index (χ1n) is 5.40. The first kappa shape index (κ1) is 15.6. The largest absolute Gasteiger partial charge is 0.385 e. The van der Waals surface area contributed by atoms with Crippen LogP contribution in [0.3, 0.4) is 0 Å². The van der Waals surface area contributed by atoms with Crippen molar-refractivity contribution >= 4 is 18.3 Å². The molecule has 1 fully saturated rings. The van der Waals surface area contributed by atoms with Gasteiger partial charge in [0.25, 0.3) is 0 Å². The van der Waals surface area contributed by atoms with Gasteiger partial charge in [-0.2, -0.15) is 0 Å². The molecule has 5 nitrogen and oxygen atoms in total. The number of carbonyl (C=O) groups excluding carboxylic acids is 1. The summed E-state index contributed by atoms with van der Waals surface area (Å²) in [6, 6.07) is 0. The number of halogens is 1. The van der Waals surface area contributed by atoms with E-state index in [0.29, 0.717) is 13.2 Å². The number of piperazine rings is 1. The normalized spacial score (nSPS) is 15.7. The molecule has 0 aromatic rings. The van der Waals surface area contributed by atoms with Crippen LogP contribution in [-0.2, 0) is 14.3 Å². The van der Waals surface area contributed by atoms with Crippen molar-refractivity contribution in [3.8, 4) is 0 Å². The molecule has 0 bridgehead atoms. The predicted octanol–water partition coefficient (Wildman–Crippen LogP) is -0.107. The van der Waals surface area contributed by atoms with E-state index < -0.39 is 0 Å². The minimum absolute atomic E-state index is 0. The van der Waals surface area contributed by atoms with Crippen LogP contribution in [0.1, 0.15) is 6.42 Å². The van der Waals surface area contributed by atoms with E-state index in [2.05, 4.69) is 5.32 Å². The van der Waals surface area contributed by atoms with Crippen LogP contribution >= 0.6 is 12.4 Å². The van der Waals surface area contributed by atoms with Crippen molar-refractivity contribution in [3.63, 3.8) is 0 Å². The van der Waals surface area contributed by atoms with Crippen LogP contribution in [0.15, 0.2) is 0 Å². The third kappa shape index (κ3) is 6.27. The maximum absolute atomic E-state index is 11.6. The molecular weight excluding hydrogens is 232 g/mol. The molecule has 96 valence electrons. The van der Waals surface area contributed by atoms with Crippen LogP contribution < -0.4 is 5.32 Å². The summed E-state index contributed by atoms with van der Waals surface area (Å²) in [5, 5.41) is 3.20. The summed E-state index contributed by atoms with van der Waals surface area (Å²) < 4.78 is 10.1. The number of methoxy groups -OCH3 is 1. The number of ether oxygens (including phenoxy) is 2. The van der Waals surface area contributed by atoms with Crippen LogP contribution in [0, 0.1) is 0 Å². The molecule has 0 unspecified atom stereocenters. The minimum atomic E-state index is 0. The van der Waals surface area contributed by atoms with Crippen molar-refractivity contribution in [3.05, 3.63) is 0 Å². The second-order valence-electron chi connectivity index (χ2n) is 3.53. The number of hydrogen-bond acceptors (Lipinski definition) is 4. The monoisotopic (exact) mass is 252 g/mol. The molecule has 1 aliphatic rings. The van der Waals surface area contributed by atoms with Crippen molar-refractivity contribution < 1.29 is 14.3 Å². The summed E-state index contributed by atoms with van der Waals surface area (Å²) in [5.74, 6) is 0.0916. The van der Waals surface area contributed by atoms with Gasteiger partial charge in [0.1, 0.15) is 6.61 Å². The lowest BCUT2D eigenvalue weighted by Crippen LogP contribution is -2.47. The second-order valence-corrected chi connectivity index (χ2v) is 3.53. The van der Waals surface area contributed by atoms with Gasteiger partial charge in [0.15, 0.2) is 0 Å². The number of amides is 1. The number of nitrogens with zero attached hydrogens (tertiary/aromatic N) is 1. The van der Waals surface area contributed by atoms with Crippen LogP contribution in [0.4, 0.5) is 0 Å². The number of rotatable bonds is 6. The van der Waals surface area contributed by atoms with Crippen LogP contribution in [-0.4, -0.2) is 63.9 Å². The maximum Gasteiger partial charge on any atom is 0.248 e. The zero-order valence-electron chi connectivity index (χ0n) is 9.74. The highest BCUT2D eigenvalue weighted by molar-refractivity contribution is 5.85. The zero-order valence-corrected chi connectivity index (χ0v) is 10.6. The first-order chi connectivity index (χ1) is 7.34. The second kappa shape index (κ2) is 9.84. The molecule has 1 aliphatic heterocycles. The van der Waals surface area contributed by atoms with Crippen LogP contribution in [0.5, 0.6) is 0 Å². The molecule has 1 amide bonds. The van der Waals surface area contributed by atoms with E-state index in [4.69, 9.17) is 9.47 Å². The fraction of sp³-hybridized carbons (Fsp3) is 0.900. The van der Waals surface area contributed by atoms with Crippen LogP contribution in [0.25, 0.3) is 0 Å². The van der Waals surface area contributed by atoms with Gasteiger partial charge < -0.3 is 19.7 Å². The highest BCUT2D eigenvalue weighted by Crippen LogP contribution is 1.94. The molecule has 0 radical (unpaired) electrons. The molecule has 6 heteroatoms. The quantitative estimate of drug-likeness (QED) is 0.671. The Balaban J connectivity index is 0.00000225. The van der Waals surface area contributed by atoms with Crippen molar-refractivity contribution in [1.82, 2.24) is 10.2 Å². The SMILES string of the molecule is COCCCOCC(=O)N1CCNCC1.Cl. The Hall–Kier alpha value is -0.360. The highest BCUT2D eigenvalue weighted by Gasteiger charge is 2.15. The Kier molecular flexibility index (Phi) is 9.62. The topological polar surface area (TPSA) is 50.8 Å². The Morgan fingerprint density at radius 2 is 2.00 bits per heavy atom. The summed E-state index contributed by atoms with van der Waals surface area (Å²) >= 11 is 0. The molecule has 1 heterocycles. The first-order valence-corrected chi connectivity index (χ1v) is 5.40. The lowest BCUT2D eigenvalue weighted by Gasteiger charge is -2.27. The lowest BCUT2D eigenvalue weighted by atomic mass is 10.3. The van der Waals surface area contributed by atoms with Gasteiger partial charge >= 0.3 is 0 Å². The molecule has 1 rings (SSSR count). The molecule has 0 aromatic carbocycles. The third-order valence-electron chi connectivity index (χ3n) is 2.33. The van der Waals surface area contributed by atoms with Gasteiger partial charge in [-0.25, -0.2) is 0 Å². The van der Waals surface area contributed by atoms with Crippen molar-refractivity contribution in [2.45, 2.75) is 6.42 Å². The summed E-state index contributed by atoms with van der Waals surface area (Å²) in [7, 11) is 1.66. The van der Waals surface area contributed by atoms with Gasteiger partial charge in [-0.05, 0) is 6.42 Å². The molecule has 0 spiro atoms. The van der Waals surface area contributed by atoms with Gasteiger partial charge in [0.2, 0.25) is 5.91 Å². The summed E-state index contributed by atoms with van der Waals surface area (Å²) in [6.45, 7) is 4.82. The molecule has 16 heavy (non-hydrogen) atoms. The molecule has 0 aromatic heterocycles. The molecular formula is C10H21ClN2O3. The third-order valence-corrected chi connectivity index (χ3v) is 2.33. The maximum atomic E-state index is 11.6. The Bertz CT molecular complexity index is 187. The van der Waals surface area contributed by atoms with Crippen molar-refractivity contribution in [2.24, 2.45) is 0 Å². The fourth-order valence-corrected chi connectivity index (χ4v) is 1.47. The number of hydrogen-bond donors (Lipinski definition) is 1. The standard InChI is InChI=1S/C10H20N2O3.ClH/c1-14-7-2-8-15-9-10(13)12-5-3-11-4-6-12;/h11H,2-9H2,1H3;1H. The van der Waals surface area contributed by atoms with E-state index in [1.165, 1.54) is 0 Å². The molecule has 0 aliphatic carbocycles. The summed E-state index contributed by atoms with van der Waals surface area (Å²) in [6.07, 6.45) is 0.839. The summed E-state index contributed by atoms with van der Waals surface area (Å²) in [4.78, 5) is 13.4. The molecule has 1 saturated heterocycles. The predicted molar refractivity (Wildman–Crippen MR) is 64.0 cm³/mol. The highest BCUT2D eigenvalue weighted by atomic mass is 35.5.